The molecular weight excluding hydrogens is 320 g/mol. The fraction of sp³-hybridized carbons (Fsp3) is 0.316. The van der Waals surface area contributed by atoms with Gasteiger partial charge in [0.05, 0.1) is 12.1 Å². The van der Waals surface area contributed by atoms with Crippen LogP contribution in [0.15, 0.2) is 59.5 Å². The summed E-state index contributed by atoms with van der Waals surface area (Å²) in [5.74, 6) is 1.00. The third-order valence-corrected chi connectivity index (χ3v) is 5.31. The molecule has 126 valence electrons. The number of amides is 2. The molecule has 0 aliphatic carbocycles. The van der Waals surface area contributed by atoms with Gasteiger partial charge in [-0.25, -0.2) is 4.79 Å². The van der Waals surface area contributed by atoms with Crippen molar-refractivity contribution in [2.75, 3.05) is 12.4 Å². The number of aliphatic hydroxyl groups is 1. The van der Waals surface area contributed by atoms with Crippen molar-refractivity contribution < 1.29 is 9.90 Å². The summed E-state index contributed by atoms with van der Waals surface area (Å²) in [7, 11) is 0. The van der Waals surface area contributed by atoms with E-state index in [1.54, 1.807) is 0 Å². The van der Waals surface area contributed by atoms with E-state index < -0.39 is 0 Å². The van der Waals surface area contributed by atoms with Crippen LogP contribution >= 0.6 is 11.8 Å². The number of carbonyl (C=O) groups excluding carboxylic acids is 1. The summed E-state index contributed by atoms with van der Waals surface area (Å²) in [6, 6.07) is 17.6. The van der Waals surface area contributed by atoms with Crippen molar-refractivity contribution in [1.29, 1.82) is 0 Å². The zero-order chi connectivity index (χ0) is 16.8. The van der Waals surface area contributed by atoms with Crippen molar-refractivity contribution in [3.63, 3.8) is 0 Å². The van der Waals surface area contributed by atoms with Crippen molar-refractivity contribution in [2.45, 2.75) is 29.8 Å². The van der Waals surface area contributed by atoms with Crippen LogP contribution in [0, 0.1) is 0 Å². The third-order valence-electron chi connectivity index (χ3n) is 4.19. The quantitative estimate of drug-likeness (QED) is 0.777. The Morgan fingerprint density at radius 3 is 2.71 bits per heavy atom. The Labute approximate surface area is 146 Å². The number of rotatable bonds is 5. The average molecular weight is 342 g/mol. The Balaban J connectivity index is 1.67. The van der Waals surface area contributed by atoms with Gasteiger partial charge in [0.25, 0.3) is 0 Å². The molecule has 2 atom stereocenters. The van der Waals surface area contributed by atoms with Gasteiger partial charge < -0.3 is 15.7 Å². The highest BCUT2D eigenvalue weighted by Crippen LogP contribution is 2.35. The number of hydrogen-bond acceptors (Lipinski definition) is 3. The van der Waals surface area contributed by atoms with Crippen LogP contribution in [0.5, 0.6) is 0 Å². The zero-order valence-electron chi connectivity index (χ0n) is 13.4. The highest BCUT2D eigenvalue weighted by molar-refractivity contribution is 7.99. The fourth-order valence-corrected chi connectivity index (χ4v) is 4.11. The summed E-state index contributed by atoms with van der Waals surface area (Å²) in [6.45, 7) is 0.0305. The molecule has 3 rings (SSSR count). The highest BCUT2D eigenvalue weighted by atomic mass is 32.2. The van der Waals surface area contributed by atoms with Gasteiger partial charge in [0.15, 0.2) is 0 Å². The first-order valence-corrected chi connectivity index (χ1v) is 9.21. The molecule has 2 aromatic rings. The van der Waals surface area contributed by atoms with E-state index in [4.69, 9.17) is 0 Å². The number of thioether (sulfide) groups is 1. The van der Waals surface area contributed by atoms with E-state index in [0.717, 1.165) is 17.7 Å². The molecule has 2 aromatic carbocycles. The van der Waals surface area contributed by atoms with Gasteiger partial charge in [-0.2, -0.15) is 0 Å². The van der Waals surface area contributed by atoms with E-state index in [9.17, 15) is 9.90 Å². The lowest BCUT2D eigenvalue weighted by atomic mass is 10.0. The molecule has 0 spiro atoms. The molecule has 5 heteroatoms. The van der Waals surface area contributed by atoms with Gasteiger partial charge in [0, 0.05) is 17.3 Å². The average Bonchev–Trinajstić information content (AvgIpc) is 2.62. The Kier molecular flexibility index (Phi) is 5.77. The fourth-order valence-electron chi connectivity index (χ4n) is 2.99. The van der Waals surface area contributed by atoms with Crippen LogP contribution in [0.3, 0.4) is 0 Å². The van der Waals surface area contributed by atoms with E-state index >= 15 is 0 Å². The number of aliphatic hydroxyl groups excluding tert-OH is 1. The van der Waals surface area contributed by atoms with Crippen LogP contribution < -0.4 is 10.6 Å². The van der Waals surface area contributed by atoms with E-state index in [-0.39, 0.29) is 24.7 Å². The third kappa shape index (κ3) is 4.10. The maximum absolute atomic E-state index is 12.5. The second kappa shape index (κ2) is 8.22. The molecule has 0 saturated heterocycles. The number of benzene rings is 2. The molecule has 0 aromatic heterocycles. The Morgan fingerprint density at radius 1 is 1.17 bits per heavy atom. The van der Waals surface area contributed by atoms with Gasteiger partial charge >= 0.3 is 6.03 Å². The Hall–Kier alpha value is -1.98. The van der Waals surface area contributed by atoms with Crippen molar-refractivity contribution in [3.05, 3.63) is 65.7 Å². The summed E-state index contributed by atoms with van der Waals surface area (Å²) in [6.07, 6.45) is 1.42. The first-order valence-electron chi connectivity index (χ1n) is 8.22. The summed E-state index contributed by atoms with van der Waals surface area (Å²) in [5, 5.41) is 15.4. The van der Waals surface area contributed by atoms with Crippen LogP contribution in [0.1, 0.15) is 36.1 Å². The van der Waals surface area contributed by atoms with Gasteiger partial charge in [0.1, 0.15) is 0 Å². The smallest absolute Gasteiger partial charge is 0.315 e. The minimum atomic E-state index is -0.191. The first kappa shape index (κ1) is 16.9. The number of hydrogen-bond donors (Lipinski definition) is 3. The second-order valence-corrected chi connectivity index (χ2v) is 6.96. The lowest BCUT2D eigenvalue weighted by Crippen LogP contribution is -2.41. The number of urea groups is 1. The number of nitrogens with one attached hydrogen (secondary N) is 2. The molecule has 1 aliphatic rings. The van der Waals surface area contributed by atoms with Crippen LogP contribution in [-0.4, -0.2) is 23.5 Å². The summed E-state index contributed by atoms with van der Waals surface area (Å²) in [5.41, 5.74) is 2.18. The van der Waals surface area contributed by atoms with Gasteiger partial charge in [0.2, 0.25) is 0 Å². The monoisotopic (exact) mass is 342 g/mol. The predicted octanol–water partition coefficient (Wildman–Crippen LogP) is 3.65. The van der Waals surface area contributed by atoms with Crippen LogP contribution in [0.25, 0.3) is 0 Å². The maximum Gasteiger partial charge on any atom is 0.315 e. The summed E-state index contributed by atoms with van der Waals surface area (Å²) in [4.78, 5) is 13.7. The molecule has 0 saturated carbocycles. The topological polar surface area (TPSA) is 61.4 Å². The normalized spacial score (nSPS) is 17.6. The highest BCUT2D eigenvalue weighted by Gasteiger charge is 2.23. The first-order chi connectivity index (χ1) is 11.8. The lowest BCUT2D eigenvalue weighted by molar-refractivity contribution is 0.225. The predicted molar refractivity (Wildman–Crippen MR) is 97.1 cm³/mol. The maximum atomic E-state index is 12.5. The second-order valence-electron chi connectivity index (χ2n) is 5.82. The van der Waals surface area contributed by atoms with Gasteiger partial charge in [-0.15, -0.1) is 11.8 Å². The van der Waals surface area contributed by atoms with Crippen LogP contribution in [0.4, 0.5) is 4.79 Å². The Morgan fingerprint density at radius 2 is 1.92 bits per heavy atom. The lowest BCUT2D eigenvalue weighted by Gasteiger charge is -2.27. The largest absolute Gasteiger partial charge is 0.396 e. The summed E-state index contributed by atoms with van der Waals surface area (Å²) >= 11 is 1.83. The summed E-state index contributed by atoms with van der Waals surface area (Å²) < 4.78 is 0. The molecule has 0 fully saturated rings. The van der Waals surface area contributed by atoms with Crippen molar-refractivity contribution >= 4 is 17.8 Å². The van der Waals surface area contributed by atoms with Crippen molar-refractivity contribution in [3.8, 4) is 0 Å². The molecule has 1 unspecified atom stereocenters. The van der Waals surface area contributed by atoms with Crippen molar-refractivity contribution in [2.24, 2.45) is 0 Å². The van der Waals surface area contributed by atoms with Crippen LogP contribution in [0.2, 0.25) is 0 Å². The molecular formula is C19H22N2O2S. The van der Waals surface area contributed by atoms with Crippen LogP contribution in [-0.2, 0) is 0 Å². The van der Waals surface area contributed by atoms with Gasteiger partial charge in [-0.05, 0) is 30.0 Å². The standard InChI is InChI=1S/C19H22N2O2S/c22-12-10-16(14-6-2-1-3-7-14)20-19(23)21-17-11-13-24-18-9-5-4-8-15(17)18/h1-9,16-17,22H,10-13H2,(H2,20,21,23)/t16-,17?/m1/s1. The minimum absolute atomic E-state index is 0.0305. The van der Waals surface area contributed by atoms with Gasteiger partial charge in [-0.3, -0.25) is 0 Å². The molecule has 0 bridgehead atoms. The SMILES string of the molecule is O=C(NC1CCSc2ccccc21)N[C@H](CCO)c1ccccc1. The molecule has 3 N–H and O–H groups in total. The Bertz CT molecular complexity index is 678. The molecule has 24 heavy (non-hydrogen) atoms. The molecule has 2 amide bonds. The molecule has 4 nitrogen and oxygen atoms in total. The minimum Gasteiger partial charge on any atom is -0.396 e. The van der Waals surface area contributed by atoms with E-state index in [1.807, 2.05) is 54.2 Å². The number of fused-ring (bicyclic) bond motifs is 1. The van der Waals surface area contributed by atoms with Crippen molar-refractivity contribution in [1.82, 2.24) is 10.6 Å². The van der Waals surface area contributed by atoms with E-state index in [1.165, 1.54) is 10.5 Å². The molecule has 1 heterocycles. The number of carbonyl (C=O) groups is 1. The molecule has 1 aliphatic heterocycles. The van der Waals surface area contributed by atoms with E-state index in [2.05, 4.69) is 22.8 Å². The molecule has 0 radical (unpaired) electrons. The zero-order valence-corrected chi connectivity index (χ0v) is 14.3. The van der Waals surface area contributed by atoms with Gasteiger partial charge in [-0.1, -0.05) is 48.5 Å². The van der Waals surface area contributed by atoms with E-state index in [0.29, 0.717) is 6.42 Å².